The summed E-state index contributed by atoms with van der Waals surface area (Å²) in [5.74, 6) is -1.31. The summed E-state index contributed by atoms with van der Waals surface area (Å²) >= 11 is 3.39. The Balaban J connectivity index is 1.92. The minimum Gasteiger partial charge on any atom is -0.478 e. The second-order valence-corrected chi connectivity index (χ2v) is 5.60. The molecule has 1 aliphatic heterocycles. The normalized spacial score (nSPS) is 15.4. The monoisotopic (exact) mass is 371 g/mol. The summed E-state index contributed by atoms with van der Waals surface area (Å²) < 4.78 is 5.97. The van der Waals surface area contributed by atoms with Gasteiger partial charge in [0.05, 0.1) is 11.1 Å². The predicted octanol–water partition coefficient (Wildman–Crippen LogP) is 3.49. The average molecular weight is 372 g/mol. The Morgan fingerprint density at radius 2 is 1.83 bits per heavy atom. The number of nitrogens with zero attached hydrogens (tertiary/aromatic N) is 1. The quantitative estimate of drug-likeness (QED) is 0.661. The third kappa shape index (κ3) is 3.22. The second-order valence-electron chi connectivity index (χ2n) is 4.74. The molecular formula is C17H10BrNO4. The molecule has 0 unspecified atom stereocenters. The van der Waals surface area contributed by atoms with Crippen LogP contribution < -0.4 is 0 Å². The van der Waals surface area contributed by atoms with Gasteiger partial charge in [-0.2, -0.15) is 0 Å². The van der Waals surface area contributed by atoms with Crippen LogP contribution in [-0.4, -0.2) is 22.9 Å². The minimum atomic E-state index is -1.00. The van der Waals surface area contributed by atoms with E-state index >= 15 is 0 Å². The molecule has 0 aromatic heterocycles. The summed E-state index contributed by atoms with van der Waals surface area (Å²) in [7, 11) is 0. The Morgan fingerprint density at radius 3 is 2.48 bits per heavy atom. The lowest BCUT2D eigenvalue weighted by Crippen LogP contribution is -2.05. The summed E-state index contributed by atoms with van der Waals surface area (Å²) in [6.45, 7) is 0. The van der Waals surface area contributed by atoms with E-state index in [4.69, 9.17) is 9.84 Å². The Labute approximate surface area is 140 Å². The molecule has 0 saturated heterocycles. The maximum atomic E-state index is 11.9. The molecule has 6 heteroatoms. The van der Waals surface area contributed by atoms with E-state index < -0.39 is 11.9 Å². The summed E-state index contributed by atoms with van der Waals surface area (Å²) in [5, 5.41) is 8.87. The van der Waals surface area contributed by atoms with Gasteiger partial charge in [0.25, 0.3) is 0 Å². The first kappa shape index (κ1) is 15.2. The van der Waals surface area contributed by atoms with Crippen LogP contribution in [0.15, 0.2) is 63.7 Å². The number of rotatable bonds is 3. The highest BCUT2D eigenvalue weighted by Gasteiger charge is 2.25. The fraction of sp³-hybridized carbons (Fsp3) is 0. The number of cyclic esters (lactones) is 1. The Kier molecular flexibility index (Phi) is 4.08. The molecule has 0 fully saturated rings. The van der Waals surface area contributed by atoms with E-state index in [0.29, 0.717) is 11.1 Å². The Bertz CT molecular complexity index is 853. The minimum absolute atomic E-state index is 0.166. The van der Waals surface area contributed by atoms with Gasteiger partial charge < -0.3 is 9.84 Å². The molecule has 2 aromatic carbocycles. The molecular weight excluding hydrogens is 362 g/mol. The van der Waals surface area contributed by atoms with Crippen LogP contribution in [0.2, 0.25) is 0 Å². The first-order valence-corrected chi connectivity index (χ1v) is 7.45. The van der Waals surface area contributed by atoms with Crippen molar-refractivity contribution in [2.24, 2.45) is 4.99 Å². The number of benzene rings is 2. The fourth-order valence-electron chi connectivity index (χ4n) is 2.04. The van der Waals surface area contributed by atoms with Gasteiger partial charge in [0.2, 0.25) is 5.90 Å². The van der Waals surface area contributed by atoms with Gasteiger partial charge in [-0.3, -0.25) is 0 Å². The number of carboxylic acid groups (broad SMARTS) is 1. The number of ether oxygens (including phenoxy) is 1. The van der Waals surface area contributed by atoms with E-state index in [1.165, 1.54) is 12.1 Å². The molecule has 0 atom stereocenters. The number of hydrogen-bond donors (Lipinski definition) is 1. The lowest BCUT2D eigenvalue weighted by atomic mass is 10.1. The van der Waals surface area contributed by atoms with Crippen molar-refractivity contribution in [2.45, 2.75) is 0 Å². The molecule has 1 N–H and O–H groups in total. The van der Waals surface area contributed by atoms with Gasteiger partial charge in [0.1, 0.15) is 0 Å². The van der Waals surface area contributed by atoms with Crippen LogP contribution in [0.3, 0.4) is 0 Å². The van der Waals surface area contributed by atoms with E-state index in [1.54, 1.807) is 24.3 Å². The number of hydrogen-bond acceptors (Lipinski definition) is 4. The Morgan fingerprint density at radius 1 is 1.13 bits per heavy atom. The average Bonchev–Trinajstić information content (AvgIpc) is 2.89. The van der Waals surface area contributed by atoms with E-state index in [1.807, 2.05) is 18.2 Å². The van der Waals surface area contributed by atoms with Crippen molar-refractivity contribution >= 4 is 39.8 Å². The summed E-state index contributed by atoms with van der Waals surface area (Å²) in [6, 6.07) is 13.4. The molecule has 0 bridgehead atoms. The summed E-state index contributed by atoms with van der Waals surface area (Å²) in [6.07, 6.45) is 1.55. The molecule has 2 aromatic rings. The van der Waals surface area contributed by atoms with E-state index in [-0.39, 0.29) is 17.2 Å². The highest BCUT2D eigenvalue weighted by Crippen LogP contribution is 2.23. The molecule has 5 nitrogen and oxygen atoms in total. The van der Waals surface area contributed by atoms with Crippen molar-refractivity contribution in [1.82, 2.24) is 0 Å². The first-order chi connectivity index (χ1) is 11.0. The van der Waals surface area contributed by atoms with Gasteiger partial charge in [-0.1, -0.05) is 24.3 Å². The zero-order valence-electron chi connectivity index (χ0n) is 11.7. The number of carboxylic acids is 1. The second kappa shape index (κ2) is 6.18. The molecule has 3 rings (SSSR count). The maximum absolute atomic E-state index is 11.9. The topological polar surface area (TPSA) is 76.0 Å². The van der Waals surface area contributed by atoms with Crippen LogP contribution in [0.25, 0.3) is 6.08 Å². The van der Waals surface area contributed by atoms with Crippen molar-refractivity contribution < 1.29 is 19.4 Å². The van der Waals surface area contributed by atoms with Crippen LogP contribution in [0.4, 0.5) is 0 Å². The lowest BCUT2D eigenvalue weighted by Gasteiger charge is -2.01. The van der Waals surface area contributed by atoms with Crippen molar-refractivity contribution in [3.63, 3.8) is 0 Å². The van der Waals surface area contributed by atoms with E-state index in [0.717, 1.165) is 4.47 Å². The zero-order chi connectivity index (χ0) is 16.4. The third-order valence-electron chi connectivity index (χ3n) is 3.19. The van der Waals surface area contributed by atoms with Crippen LogP contribution in [-0.2, 0) is 9.53 Å². The van der Waals surface area contributed by atoms with Crippen LogP contribution in [0, 0.1) is 0 Å². The number of aliphatic imine (C=N–C) groups is 1. The highest BCUT2D eigenvalue weighted by atomic mass is 79.9. The van der Waals surface area contributed by atoms with Crippen LogP contribution in [0.5, 0.6) is 0 Å². The molecule has 23 heavy (non-hydrogen) atoms. The van der Waals surface area contributed by atoms with Gasteiger partial charge in [0, 0.05) is 4.47 Å². The van der Waals surface area contributed by atoms with Crippen molar-refractivity contribution in [2.75, 3.05) is 0 Å². The van der Waals surface area contributed by atoms with Crippen LogP contribution in [0.1, 0.15) is 21.5 Å². The number of aromatic carboxylic acids is 1. The molecule has 114 valence electrons. The highest BCUT2D eigenvalue weighted by molar-refractivity contribution is 9.10. The molecule has 1 heterocycles. The zero-order valence-corrected chi connectivity index (χ0v) is 13.3. The molecule has 0 aliphatic carbocycles. The predicted molar refractivity (Wildman–Crippen MR) is 88.1 cm³/mol. The standard InChI is InChI=1S/C17H10BrNO4/c18-13-4-2-1-3-12(13)15-19-14(17(22)23-15)9-10-5-7-11(8-6-10)16(20)21/h1-9H,(H,20,21)/b14-9-. The third-order valence-corrected chi connectivity index (χ3v) is 3.88. The number of esters is 1. The summed E-state index contributed by atoms with van der Waals surface area (Å²) in [5.41, 5.74) is 1.70. The van der Waals surface area contributed by atoms with Crippen molar-refractivity contribution in [3.8, 4) is 0 Å². The number of carbonyl (C=O) groups excluding carboxylic acids is 1. The molecule has 0 spiro atoms. The van der Waals surface area contributed by atoms with Gasteiger partial charge in [-0.15, -0.1) is 0 Å². The number of halogens is 1. The smallest absolute Gasteiger partial charge is 0.363 e. The SMILES string of the molecule is O=C1OC(c2ccccc2Br)=N/C1=C\c1ccc(C(=O)O)cc1. The van der Waals surface area contributed by atoms with Crippen molar-refractivity contribution in [1.29, 1.82) is 0 Å². The largest absolute Gasteiger partial charge is 0.478 e. The van der Waals surface area contributed by atoms with E-state index in [2.05, 4.69) is 20.9 Å². The first-order valence-electron chi connectivity index (χ1n) is 6.65. The molecule has 0 saturated carbocycles. The maximum Gasteiger partial charge on any atom is 0.363 e. The lowest BCUT2D eigenvalue weighted by molar-refractivity contribution is -0.129. The molecule has 0 amide bonds. The van der Waals surface area contributed by atoms with Crippen LogP contribution >= 0.6 is 15.9 Å². The molecule has 1 aliphatic rings. The van der Waals surface area contributed by atoms with E-state index in [9.17, 15) is 9.59 Å². The van der Waals surface area contributed by atoms with Gasteiger partial charge in [-0.25, -0.2) is 14.6 Å². The fourth-order valence-corrected chi connectivity index (χ4v) is 2.49. The summed E-state index contributed by atoms with van der Waals surface area (Å²) in [4.78, 5) is 27.0. The number of carbonyl (C=O) groups is 2. The van der Waals surface area contributed by atoms with Gasteiger partial charge in [-0.05, 0) is 51.8 Å². The van der Waals surface area contributed by atoms with Gasteiger partial charge in [0.15, 0.2) is 5.70 Å². The van der Waals surface area contributed by atoms with Gasteiger partial charge >= 0.3 is 11.9 Å². The van der Waals surface area contributed by atoms with Crippen molar-refractivity contribution in [3.05, 3.63) is 75.4 Å². The molecule has 0 radical (unpaired) electrons. The Hall–Kier alpha value is -2.73.